The molecule has 4 nitrogen and oxygen atoms in total. The van der Waals surface area contributed by atoms with Crippen molar-refractivity contribution < 1.29 is 8.78 Å². The molecule has 0 spiro atoms. The zero-order valence-corrected chi connectivity index (χ0v) is 8.67. The van der Waals surface area contributed by atoms with Crippen molar-refractivity contribution in [2.75, 3.05) is 0 Å². The van der Waals surface area contributed by atoms with E-state index in [0.717, 1.165) is 0 Å². The van der Waals surface area contributed by atoms with Gasteiger partial charge < -0.3 is 5.73 Å². The highest BCUT2D eigenvalue weighted by molar-refractivity contribution is 5.85. The zero-order valence-electron chi connectivity index (χ0n) is 7.04. The fraction of sp³-hybridized carbons (Fsp3) is 0.667. The summed E-state index contributed by atoms with van der Waals surface area (Å²) in [7, 11) is 0. The van der Waals surface area contributed by atoms with Crippen molar-refractivity contribution in [3.8, 4) is 0 Å². The van der Waals surface area contributed by atoms with Crippen LogP contribution in [0, 0.1) is 0 Å². The van der Waals surface area contributed by atoms with Gasteiger partial charge in [-0.15, -0.1) is 29.9 Å². The second kappa shape index (κ2) is 3.96. The van der Waals surface area contributed by atoms with Gasteiger partial charge in [-0.2, -0.15) is 0 Å². The number of aromatic amines is 1. The number of halogens is 4. The number of nitrogens with zero attached hydrogens (tertiary/aromatic N) is 2. The summed E-state index contributed by atoms with van der Waals surface area (Å²) >= 11 is 0. The Hall–Kier alpha value is -0.460. The molecule has 0 amide bonds. The molecule has 2 rings (SSSR count). The Labute approximate surface area is 91.4 Å². The van der Waals surface area contributed by atoms with Crippen LogP contribution in [0.5, 0.6) is 0 Å². The summed E-state index contributed by atoms with van der Waals surface area (Å²) in [4.78, 5) is 0. The molecule has 0 atom stereocenters. The van der Waals surface area contributed by atoms with Crippen LogP contribution in [0.1, 0.15) is 18.5 Å². The number of nitrogens with one attached hydrogen (secondary N) is 1. The summed E-state index contributed by atoms with van der Waals surface area (Å²) in [6, 6.07) is 0. The predicted molar refractivity (Wildman–Crippen MR) is 50.9 cm³/mol. The van der Waals surface area contributed by atoms with Gasteiger partial charge in [0.1, 0.15) is 5.69 Å². The molecule has 82 valence electrons. The van der Waals surface area contributed by atoms with Crippen molar-refractivity contribution >= 4 is 24.8 Å². The van der Waals surface area contributed by atoms with Gasteiger partial charge in [-0.05, 0) is 0 Å². The first kappa shape index (κ1) is 13.5. The third-order valence-corrected chi connectivity index (χ3v) is 2.08. The fourth-order valence-corrected chi connectivity index (χ4v) is 1.50. The van der Waals surface area contributed by atoms with Gasteiger partial charge in [0, 0.05) is 19.0 Å². The lowest BCUT2D eigenvalue weighted by Gasteiger charge is -2.42. The van der Waals surface area contributed by atoms with Gasteiger partial charge in [0.2, 0.25) is 0 Å². The van der Waals surface area contributed by atoms with Crippen LogP contribution in [0.2, 0.25) is 0 Å². The van der Waals surface area contributed by atoms with E-state index < -0.39 is 11.5 Å². The van der Waals surface area contributed by atoms with E-state index >= 15 is 0 Å². The molecule has 14 heavy (non-hydrogen) atoms. The second-order valence-corrected chi connectivity index (χ2v) is 3.22. The second-order valence-electron chi connectivity index (χ2n) is 3.22. The van der Waals surface area contributed by atoms with Crippen molar-refractivity contribution in [2.24, 2.45) is 5.73 Å². The maximum atomic E-state index is 12.5. The minimum atomic E-state index is -2.63. The SMILES string of the molecule is Cl.Cl.NC1(c2c[nH]nn2)CC(F)(F)C1. The van der Waals surface area contributed by atoms with Crippen LogP contribution in [0.3, 0.4) is 0 Å². The molecule has 0 saturated heterocycles. The molecule has 1 aromatic heterocycles. The van der Waals surface area contributed by atoms with Crippen molar-refractivity contribution in [3.63, 3.8) is 0 Å². The molecule has 0 aliphatic heterocycles. The topological polar surface area (TPSA) is 67.6 Å². The van der Waals surface area contributed by atoms with Gasteiger partial charge >= 0.3 is 0 Å². The summed E-state index contributed by atoms with van der Waals surface area (Å²) in [5, 5.41) is 9.48. The molecule has 3 N–H and O–H groups in total. The first-order valence-electron chi connectivity index (χ1n) is 3.56. The number of hydrogen-bond acceptors (Lipinski definition) is 3. The predicted octanol–water partition coefficient (Wildman–Crippen LogP) is 1.23. The Kier molecular flexibility index (Phi) is 3.83. The van der Waals surface area contributed by atoms with Crippen LogP contribution in [0.25, 0.3) is 0 Å². The molecule has 1 aliphatic rings. The molecule has 0 unspecified atom stereocenters. The third-order valence-electron chi connectivity index (χ3n) is 2.08. The zero-order chi connectivity index (χ0) is 8.82. The molecule has 1 aliphatic carbocycles. The molecule has 8 heteroatoms. The number of nitrogens with two attached hydrogens (primary N) is 1. The van der Waals surface area contributed by atoms with E-state index in [4.69, 9.17) is 5.73 Å². The Morgan fingerprint density at radius 1 is 1.36 bits per heavy atom. The maximum absolute atomic E-state index is 12.5. The van der Waals surface area contributed by atoms with Crippen LogP contribution >= 0.6 is 24.8 Å². The Balaban J connectivity index is 0.000000845. The lowest BCUT2D eigenvalue weighted by atomic mass is 9.72. The molecule has 0 bridgehead atoms. The monoisotopic (exact) mass is 246 g/mol. The number of aromatic nitrogens is 3. The summed E-state index contributed by atoms with van der Waals surface area (Å²) in [6.07, 6.45) is 0.772. The summed E-state index contributed by atoms with van der Waals surface area (Å²) in [5.74, 6) is -2.63. The van der Waals surface area contributed by atoms with E-state index in [1.165, 1.54) is 6.20 Å². The Morgan fingerprint density at radius 2 is 1.93 bits per heavy atom. The number of rotatable bonds is 1. The lowest BCUT2D eigenvalue weighted by Crippen LogP contribution is -2.55. The first-order valence-corrected chi connectivity index (χ1v) is 3.56. The lowest BCUT2D eigenvalue weighted by molar-refractivity contribution is -0.126. The van der Waals surface area contributed by atoms with E-state index in [-0.39, 0.29) is 37.7 Å². The normalized spacial score (nSPS) is 21.4. The molecule has 0 aromatic carbocycles. The summed E-state index contributed by atoms with van der Waals surface area (Å²) < 4.78 is 25.0. The average molecular weight is 247 g/mol. The molecule has 1 fully saturated rings. The average Bonchev–Trinajstić information content (AvgIpc) is 2.31. The Bertz CT molecular complexity index is 282. The van der Waals surface area contributed by atoms with Gasteiger partial charge in [-0.3, -0.25) is 5.10 Å². The largest absolute Gasteiger partial charge is 0.320 e. The highest BCUT2D eigenvalue weighted by Crippen LogP contribution is 2.48. The molecular formula is C6H10Cl2F2N4. The van der Waals surface area contributed by atoms with E-state index in [2.05, 4.69) is 15.4 Å². The standard InChI is InChI=1S/C6H8F2N4.2ClH/c7-6(8)2-5(9,3-6)4-1-10-12-11-4;;/h1H,2-3,9H2,(H,10,11,12);2*1H. The number of hydrogen-bond donors (Lipinski definition) is 2. The summed E-state index contributed by atoms with van der Waals surface area (Å²) in [6.45, 7) is 0. The molecule has 1 aromatic rings. The number of alkyl halides is 2. The van der Waals surface area contributed by atoms with Gasteiger partial charge in [-0.1, -0.05) is 5.21 Å². The van der Waals surface area contributed by atoms with Gasteiger partial charge in [0.15, 0.2) is 0 Å². The smallest absolute Gasteiger partial charge is 0.252 e. The van der Waals surface area contributed by atoms with Crippen LogP contribution in [-0.2, 0) is 5.54 Å². The minimum Gasteiger partial charge on any atom is -0.320 e. The molecule has 1 saturated carbocycles. The quantitative estimate of drug-likeness (QED) is 0.784. The van der Waals surface area contributed by atoms with Crippen molar-refractivity contribution in [1.29, 1.82) is 0 Å². The van der Waals surface area contributed by atoms with Gasteiger partial charge in [-0.25, -0.2) is 8.78 Å². The third kappa shape index (κ3) is 2.13. The fourth-order valence-electron chi connectivity index (χ4n) is 1.50. The van der Waals surface area contributed by atoms with Crippen molar-refractivity contribution in [1.82, 2.24) is 15.4 Å². The highest BCUT2D eigenvalue weighted by atomic mass is 35.5. The van der Waals surface area contributed by atoms with Crippen LogP contribution in [0.4, 0.5) is 8.78 Å². The molecule has 0 radical (unpaired) electrons. The van der Waals surface area contributed by atoms with Crippen LogP contribution < -0.4 is 5.73 Å². The van der Waals surface area contributed by atoms with E-state index in [1.807, 2.05) is 0 Å². The maximum Gasteiger partial charge on any atom is 0.252 e. The van der Waals surface area contributed by atoms with Crippen molar-refractivity contribution in [2.45, 2.75) is 24.3 Å². The Morgan fingerprint density at radius 3 is 2.29 bits per heavy atom. The van der Waals surface area contributed by atoms with E-state index in [1.54, 1.807) is 0 Å². The van der Waals surface area contributed by atoms with Crippen molar-refractivity contribution in [3.05, 3.63) is 11.9 Å². The van der Waals surface area contributed by atoms with Crippen LogP contribution in [0.15, 0.2) is 6.20 Å². The van der Waals surface area contributed by atoms with E-state index in [9.17, 15) is 8.78 Å². The minimum absolute atomic E-state index is 0. The first-order chi connectivity index (χ1) is 5.52. The highest BCUT2D eigenvalue weighted by Gasteiger charge is 2.56. The van der Waals surface area contributed by atoms with Crippen LogP contribution in [-0.4, -0.2) is 21.3 Å². The van der Waals surface area contributed by atoms with Gasteiger partial charge in [0.25, 0.3) is 5.92 Å². The number of H-pyrrole nitrogens is 1. The summed E-state index contributed by atoms with van der Waals surface area (Å²) in [5.41, 5.74) is 5.08. The molecular weight excluding hydrogens is 237 g/mol. The molecule has 1 heterocycles. The van der Waals surface area contributed by atoms with Gasteiger partial charge in [0.05, 0.1) is 5.54 Å². The van der Waals surface area contributed by atoms with E-state index in [0.29, 0.717) is 5.69 Å².